The van der Waals surface area contributed by atoms with Crippen molar-refractivity contribution in [3.8, 4) is 0 Å². The quantitative estimate of drug-likeness (QED) is 0.591. The molecule has 0 amide bonds. The van der Waals surface area contributed by atoms with Crippen LogP contribution in [0.25, 0.3) is 0 Å². The molecule has 0 spiro atoms. The molecular weight excluding hydrogens is 294 g/mol. The van der Waals surface area contributed by atoms with E-state index in [-0.39, 0.29) is 2.14 Å². The minimum Gasteiger partial charge on any atom is -0.301 e. The number of rotatable bonds is 1. The van der Waals surface area contributed by atoms with E-state index in [1.807, 2.05) is 0 Å². The Morgan fingerprint density at radius 3 is 1.86 bits per heavy atom. The van der Waals surface area contributed by atoms with Crippen molar-refractivity contribution in [1.82, 2.24) is 0 Å². The summed E-state index contributed by atoms with van der Waals surface area (Å²) in [6.07, 6.45) is 0. The van der Waals surface area contributed by atoms with Crippen molar-refractivity contribution >= 4 is 47.8 Å². The Bertz CT molecular complexity index is 51.4. The lowest BCUT2D eigenvalue weighted by Crippen LogP contribution is -2.14. The molecule has 0 fully saturated rings. The number of nitrogens with two attached hydrogens (primary N) is 1. The topological polar surface area (TPSA) is 35.2 Å². The molecule has 0 atom stereocenters. The molecule has 0 rings (SSSR count). The van der Waals surface area contributed by atoms with Gasteiger partial charge in [-0.05, 0) is 0 Å². The third-order valence-corrected chi connectivity index (χ3v) is 0.934. The first kappa shape index (κ1) is 8.36. The van der Waals surface area contributed by atoms with E-state index in [1.165, 1.54) is 0 Å². The molecule has 0 aromatic heterocycles. The zero-order valence-corrected chi connectivity index (χ0v) is 8.08. The van der Waals surface area contributed by atoms with Gasteiger partial charge in [0.1, 0.15) is 6.61 Å². The summed E-state index contributed by atoms with van der Waals surface area (Å²) >= 11 is 9.50. The molecule has 0 heterocycles. The van der Waals surface area contributed by atoms with Gasteiger partial charge in [-0.1, -0.05) is 47.8 Å². The molecule has 0 radical (unpaired) electrons. The summed E-state index contributed by atoms with van der Waals surface area (Å²) < 4.78 is -0.359. The summed E-state index contributed by atoms with van der Waals surface area (Å²) in [5, 5.41) is 0. The maximum absolute atomic E-state index is 4.72. The van der Waals surface area contributed by atoms with Crippen molar-refractivity contribution in [3.63, 3.8) is 0 Å². The van der Waals surface area contributed by atoms with E-state index in [0.29, 0.717) is 6.61 Å². The van der Waals surface area contributed by atoms with Gasteiger partial charge in [-0.3, -0.25) is 0 Å². The minimum atomic E-state index is -0.359. The number of hydrogen-bond donors (Lipinski definition) is 1. The van der Waals surface area contributed by atoms with Gasteiger partial charge in [0, 0.05) is 0 Å². The minimum absolute atomic E-state index is 0.359. The van der Waals surface area contributed by atoms with Crippen LogP contribution in [0.15, 0.2) is 0 Å². The van der Waals surface area contributed by atoms with Gasteiger partial charge < -0.3 is 4.84 Å². The molecule has 0 aromatic rings. The zero-order valence-electron chi connectivity index (χ0n) is 3.33. The highest BCUT2D eigenvalue weighted by molar-refractivity contribution is 9.39. The lowest BCUT2D eigenvalue weighted by atomic mass is 10.9. The monoisotopic (exact) mass is 295 g/mol. The highest BCUT2D eigenvalue weighted by Crippen LogP contribution is 2.32. The van der Waals surface area contributed by atoms with Crippen LogP contribution in [0.1, 0.15) is 0 Å². The zero-order chi connectivity index (χ0) is 5.91. The Balaban J connectivity index is 3.15. The Labute approximate surface area is 67.1 Å². The first-order valence-corrected chi connectivity index (χ1v) is 3.82. The van der Waals surface area contributed by atoms with Crippen molar-refractivity contribution in [1.29, 1.82) is 0 Å². The molecular formula is C2H4Br3NO. The van der Waals surface area contributed by atoms with Crippen molar-refractivity contribution in [2.24, 2.45) is 5.90 Å². The average Bonchev–Trinajstić information content (AvgIpc) is 1.30. The molecule has 2 nitrogen and oxygen atoms in total. The summed E-state index contributed by atoms with van der Waals surface area (Å²) in [5.74, 6) is 4.72. The Kier molecular flexibility index (Phi) is 4.06. The van der Waals surface area contributed by atoms with Gasteiger partial charge in [0.25, 0.3) is 0 Å². The van der Waals surface area contributed by atoms with Gasteiger partial charge in [0.15, 0.2) is 2.14 Å². The van der Waals surface area contributed by atoms with E-state index < -0.39 is 0 Å². The van der Waals surface area contributed by atoms with Gasteiger partial charge in [-0.15, -0.1) is 0 Å². The molecule has 0 unspecified atom stereocenters. The predicted molar refractivity (Wildman–Crippen MR) is 39.7 cm³/mol. The summed E-state index contributed by atoms with van der Waals surface area (Å²) in [5.41, 5.74) is 0. The highest BCUT2D eigenvalue weighted by Gasteiger charge is 2.16. The van der Waals surface area contributed by atoms with E-state index in [4.69, 9.17) is 5.90 Å². The highest BCUT2D eigenvalue weighted by atomic mass is 80.0. The van der Waals surface area contributed by atoms with E-state index in [2.05, 4.69) is 52.6 Å². The smallest absolute Gasteiger partial charge is 0.160 e. The van der Waals surface area contributed by atoms with Gasteiger partial charge in [-0.2, -0.15) is 0 Å². The molecule has 0 aliphatic heterocycles. The molecule has 2 N–H and O–H groups in total. The van der Waals surface area contributed by atoms with Gasteiger partial charge in [0.05, 0.1) is 0 Å². The normalized spacial score (nSPS) is 12.0. The van der Waals surface area contributed by atoms with E-state index in [1.54, 1.807) is 0 Å². The molecule has 0 saturated carbocycles. The lowest BCUT2D eigenvalue weighted by Gasteiger charge is -2.07. The summed E-state index contributed by atoms with van der Waals surface area (Å²) in [6.45, 7) is 0.368. The van der Waals surface area contributed by atoms with Crippen LogP contribution in [0.2, 0.25) is 0 Å². The van der Waals surface area contributed by atoms with Crippen LogP contribution in [-0.4, -0.2) is 8.75 Å². The maximum atomic E-state index is 4.72. The van der Waals surface area contributed by atoms with Crippen molar-refractivity contribution in [2.45, 2.75) is 2.14 Å². The van der Waals surface area contributed by atoms with Crippen LogP contribution >= 0.6 is 47.8 Å². The summed E-state index contributed by atoms with van der Waals surface area (Å²) in [6, 6.07) is 0. The number of alkyl halides is 3. The van der Waals surface area contributed by atoms with Crippen LogP contribution in [0, 0.1) is 0 Å². The third kappa shape index (κ3) is 7.36. The van der Waals surface area contributed by atoms with E-state index >= 15 is 0 Å². The summed E-state index contributed by atoms with van der Waals surface area (Å²) in [7, 11) is 0. The second-order valence-corrected chi connectivity index (χ2v) is 8.18. The Hall–Kier alpha value is 1.36. The van der Waals surface area contributed by atoms with E-state index in [9.17, 15) is 0 Å². The van der Waals surface area contributed by atoms with Crippen molar-refractivity contribution in [2.75, 3.05) is 6.61 Å². The summed E-state index contributed by atoms with van der Waals surface area (Å²) in [4.78, 5) is 4.27. The molecule has 0 saturated heterocycles. The Morgan fingerprint density at radius 1 is 1.43 bits per heavy atom. The van der Waals surface area contributed by atoms with Crippen molar-refractivity contribution in [3.05, 3.63) is 0 Å². The molecule has 44 valence electrons. The maximum Gasteiger partial charge on any atom is 0.160 e. The predicted octanol–water partition coefficient (Wildman–Crippen LogP) is 1.72. The van der Waals surface area contributed by atoms with Crippen molar-refractivity contribution < 1.29 is 4.84 Å². The molecule has 5 heteroatoms. The number of hydrogen-bond acceptors (Lipinski definition) is 2. The SMILES string of the molecule is NOCC(Br)(Br)Br. The number of halogens is 3. The first-order valence-electron chi connectivity index (χ1n) is 1.44. The van der Waals surface area contributed by atoms with Crippen LogP contribution in [0.5, 0.6) is 0 Å². The fraction of sp³-hybridized carbons (Fsp3) is 1.00. The van der Waals surface area contributed by atoms with E-state index in [0.717, 1.165) is 0 Å². The lowest BCUT2D eigenvalue weighted by molar-refractivity contribution is 0.149. The van der Waals surface area contributed by atoms with Crippen LogP contribution in [-0.2, 0) is 4.84 Å². The van der Waals surface area contributed by atoms with Crippen LogP contribution in [0.3, 0.4) is 0 Å². The molecule has 0 bridgehead atoms. The van der Waals surface area contributed by atoms with Gasteiger partial charge >= 0.3 is 0 Å². The van der Waals surface area contributed by atoms with Gasteiger partial charge in [-0.25, -0.2) is 5.90 Å². The molecule has 0 aromatic carbocycles. The van der Waals surface area contributed by atoms with Gasteiger partial charge in [0.2, 0.25) is 0 Å². The van der Waals surface area contributed by atoms with Crippen LogP contribution in [0.4, 0.5) is 0 Å². The Morgan fingerprint density at radius 2 is 1.86 bits per heavy atom. The molecule has 0 aliphatic carbocycles. The first-order chi connectivity index (χ1) is 3.06. The molecule has 7 heavy (non-hydrogen) atoms. The second kappa shape index (κ2) is 3.40. The fourth-order valence-electron chi connectivity index (χ4n) is 0.0945. The second-order valence-electron chi connectivity index (χ2n) is 0.926. The standard InChI is InChI=1S/C2H4Br3NO/c3-2(4,5)1-7-6/h1,6H2. The van der Waals surface area contributed by atoms with Crippen LogP contribution < -0.4 is 5.90 Å². The third-order valence-electron chi connectivity index (χ3n) is 0.247. The molecule has 0 aliphatic rings. The fourth-order valence-corrected chi connectivity index (χ4v) is 0.491. The average molecular weight is 298 g/mol. The largest absolute Gasteiger partial charge is 0.301 e.